The summed E-state index contributed by atoms with van der Waals surface area (Å²) in [6.07, 6.45) is -19.2. The van der Waals surface area contributed by atoms with Crippen molar-refractivity contribution in [3.8, 4) is 0 Å². The molecule has 13 atom stereocenters. The largest absolute Gasteiger partial charge is 0.470 e. The van der Waals surface area contributed by atoms with Gasteiger partial charge < -0.3 is 74.4 Å². The zero-order valence-corrected chi connectivity index (χ0v) is 29.3. The molecule has 0 aromatic carbocycles. The summed E-state index contributed by atoms with van der Waals surface area (Å²) in [6, 6.07) is -3.28. The third-order valence-corrected chi connectivity index (χ3v) is 7.81. The molecule has 0 saturated carbocycles. The maximum Gasteiger partial charge on any atom is 0.470 e. The van der Waals surface area contributed by atoms with Crippen LogP contribution in [-0.4, -0.2) is 158 Å². The molecule has 2 aliphatic heterocycles. The predicted molar refractivity (Wildman–Crippen MR) is 163 cm³/mol. The molecule has 0 bridgehead atoms. The van der Waals surface area contributed by atoms with E-state index in [0.29, 0.717) is 0 Å². The third kappa shape index (κ3) is 14.6. The Balaban J connectivity index is 2.42. The number of esters is 3. The number of phosphoric ester groups is 1. The first-order valence-corrected chi connectivity index (χ1v) is 17.3. The Morgan fingerprint density at radius 2 is 1.33 bits per heavy atom. The standard InChI is InChI=1S/C28H47N2O20P/c1-11(32)6-18(35)29-21-24(39)23(38)17(47-27(21)40)10-44-28-22(30-19(36)7-12(2)45-14(4)33)26(49-20(37)8-13(3)46-15(5)34)25(16(9-31)48-28)50-51(41,42)43/h11-13,16-17,21-28,31-32,38-40H,6-10H2,1-5H3,(H,29,35)(H,30,36)(H2,41,42,43)/t11-,12-,13-,16?,17?,21?,22?,23-,24-,25-,26-,27+,28-/m1/s1. The van der Waals surface area contributed by atoms with Gasteiger partial charge in [0.15, 0.2) is 18.7 Å². The summed E-state index contributed by atoms with van der Waals surface area (Å²) in [7, 11) is -5.43. The first-order valence-electron chi connectivity index (χ1n) is 15.7. The lowest BCUT2D eigenvalue weighted by Crippen LogP contribution is -2.67. The van der Waals surface area contributed by atoms with Crippen LogP contribution in [0, 0.1) is 0 Å². The number of carbonyl (C=O) groups excluding carboxylic acids is 5. The smallest absolute Gasteiger partial charge is 0.462 e. The number of rotatable bonds is 17. The molecule has 2 rings (SSSR count). The highest BCUT2D eigenvalue weighted by Crippen LogP contribution is 2.42. The van der Waals surface area contributed by atoms with Gasteiger partial charge in [-0.25, -0.2) is 4.57 Å². The minimum atomic E-state index is -5.43. The second-order valence-electron chi connectivity index (χ2n) is 12.1. The molecule has 0 aromatic heterocycles. The van der Waals surface area contributed by atoms with Crippen molar-refractivity contribution in [3.63, 3.8) is 0 Å². The topological polar surface area (TPSA) is 333 Å². The quantitative estimate of drug-likeness (QED) is 0.0387. The normalized spacial score (nSPS) is 31.4. The Kier molecular flexibility index (Phi) is 17.2. The van der Waals surface area contributed by atoms with E-state index in [0.717, 1.165) is 13.8 Å². The zero-order valence-electron chi connectivity index (χ0n) is 28.4. The van der Waals surface area contributed by atoms with Gasteiger partial charge >= 0.3 is 25.7 Å². The molecule has 51 heavy (non-hydrogen) atoms. The van der Waals surface area contributed by atoms with Gasteiger partial charge in [-0.1, -0.05) is 0 Å². The van der Waals surface area contributed by atoms with E-state index in [9.17, 15) is 63.9 Å². The lowest BCUT2D eigenvalue weighted by atomic mass is 9.95. The van der Waals surface area contributed by atoms with Gasteiger partial charge in [0.1, 0.15) is 54.8 Å². The fourth-order valence-electron chi connectivity index (χ4n) is 5.31. The van der Waals surface area contributed by atoms with Gasteiger partial charge in [0.05, 0.1) is 38.6 Å². The van der Waals surface area contributed by atoms with Crippen LogP contribution in [0.4, 0.5) is 0 Å². The highest BCUT2D eigenvalue weighted by molar-refractivity contribution is 7.46. The van der Waals surface area contributed by atoms with Crippen molar-refractivity contribution < 1.29 is 96.8 Å². The third-order valence-electron chi connectivity index (χ3n) is 7.30. The molecule has 2 amide bonds. The summed E-state index contributed by atoms with van der Waals surface area (Å²) in [4.78, 5) is 80.2. The minimum Gasteiger partial charge on any atom is -0.462 e. The molecule has 0 radical (unpaired) electrons. The summed E-state index contributed by atoms with van der Waals surface area (Å²) in [5.74, 6) is -4.25. The van der Waals surface area contributed by atoms with Crippen molar-refractivity contribution in [3.05, 3.63) is 0 Å². The van der Waals surface area contributed by atoms with E-state index in [-0.39, 0.29) is 0 Å². The van der Waals surface area contributed by atoms with Crippen molar-refractivity contribution in [1.82, 2.24) is 10.6 Å². The van der Waals surface area contributed by atoms with Crippen LogP contribution in [0.1, 0.15) is 53.9 Å². The van der Waals surface area contributed by atoms with Crippen LogP contribution in [0.3, 0.4) is 0 Å². The number of aliphatic hydroxyl groups is 5. The van der Waals surface area contributed by atoms with Crippen LogP contribution in [0.5, 0.6) is 0 Å². The highest BCUT2D eigenvalue weighted by atomic mass is 31.2. The molecule has 2 fully saturated rings. The number of hydrogen-bond donors (Lipinski definition) is 9. The molecule has 0 aromatic rings. The molecular weight excluding hydrogens is 715 g/mol. The summed E-state index contributed by atoms with van der Waals surface area (Å²) in [6.45, 7) is 4.43. The second-order valence-corrected chi connectivity index (χ2v) is 13.3. The number of hydrogen-bond acceptors (Lipinski definition) is 18. The Morgan fingerprint density at radius 1 is 0.784 bits per heavy atom. The average molecular weight is 763 g/mol. The van der Waals surface area contributed by atoms with E-state index in [4.69, 9.17) is 32.9 Å². The van der Waals surface area contributed by atoms with Gasteiger partial charge in [0.25, 0.3) is 0 Å². The van der Waals surface area contributed by atoms with E-state index in [1.165, 1.54) is 20.8 Å². The monoisotopic (exact) mass is 762 g/mol. The molecule has 9 N–H and O–H groups in total. The fourth-order valence-corrected chi connectivity index (χ4v) is 5.88. The Hall–Kier alpha value is -2.86. The van der Waals surface area contributed by atoms with Crippen LogP contribution in [0.2, 0.25) is 0 Å². The van der Waals surface area contributed by atoms with Crippen molar-refractivity contribution >= 4 is 37.5 Å². The average Bonchev–Trinajstić information content (AvgIpc) is 2.96. The zero-order chi connectivity index (χ0) is 38.8. The summed E-state index contributed by atoms with van der Waals surface area (Å²) < 4.78 is 48.9. The van der Waals surface area contributed by atoms with E-state index in [1.807, 2.05) is 0 Å². The van der Waals surface area contributed by atoms with Crippen molar-refractivity contribution in [2.75, 3.05) is 13.2 Å². The number of aliphatic hydroxyl groups excluding tert-OH is 5. The number of amides is 2. The summed E-state index contributed by atoms with van der Waals surface area (Å²) in [5, 5.41) is 56.1. The van der Waals surface area contributed by atoms with Gasteiger partial charge in [-0.15, -0.1) is 0 Å². The molecule has 0 spiro atoms. The molecule has 0 aliphatic carbocycles. The number of phosphoric acid groups is 1. The predicted octanol–water partition coefficient (Wildman–Crippen LogP) is -4.03. The van der Waals surface area contributed by atoms with Crippen LogP contribution < -0.4 is 10.6 Å². The van der Waals surface area contributed by atoms with Crippen LogP contribution in [0.25, 0.3) is 0 Å². The minimum absolute atomic E-state index is 0.391. The first kappa shape index (κ1) is 44.3. The number of ether oxygens (including phenoxy) is 6. The molecule has 2 aliphatic rings. The molecule has 294 valence electrons. The van der Waals surface area contributed by atoms with Crippen molar-refractivity contribution in [2.24, 2.45) is 0 Å². The summed E-state index contributed by atoms with van der Waals surface area (Å²) in [5.41, 5.74) is 0. The number of nitrogens with one attached hydrogen (secondary N) is 2. The lowest BCUT2D eigenvalue weighted by molar-refractivity contribution is -0.297. The van der Waals surface area contributed by atoms with Gasteiger partial charge in [0.2, 0.25) is 11.8 Å². The molecule has 2 saturated heterocycles. The molecule has 23 heteroatoms. The maximum absolute atomic E-state index is 13.1. The summed E-state index contributed by atoms with van der Waals surface area (Å²) >= 11 is 0. The van der Waals surface area contributed by atoms with E-state index < -0.39 is 150 Å². The highest BCUT2D eigenvalue weighted by Gasteiger charge is 2.53. The van der Waals surface area contributed by atoms with Gasteiger partial charge in [-0.05, 0) is 20.8 Å². The maximum atomic E-state index is 13.1. The van der Waals surface area contributed by atoms with Crippen molar-refractivity contribution in [2.45, 2.75) is 133 Å². The van der Waals surface area contributed by atoms with Crippen LogP contribution in [-0.2, 0) is 61.5 Å². The van der Waals surface area contributed by atoms with Gasteiger partial charge in [0, 0.05) is 13.8 Å². The van der Waals surface area contributed by atoms with Crippen molar-refractivity contribution in [1.29, 1.82) is 0 Å². The number of carbonyl (C=O) groups is 5. The van der Waals surface area contributed by atoms with Crippen LogP contribution in [0.15, 0.2) is 0 Å². The van der Waals surface area contributed by atoms with Gasteiger partial charge in [-0.3, -0.25) is 28.5 Å². The molecule has 4 unspecified atom stereocenters. The lowest BCUT2D eigenvalue weighted by Gasteiger charge is -2.46. The molecular formula is C28H47N2O20P. The van der Waals surface area contributed by atoms with Crippen LogP contribution >= 0.6 is 7.82 Å². The second kappa shape index (κ2) is 19.8. The Bertz CT molecular complexity index is 1250. The Morgan fingerprint density at radius 3 is 1.86 bits per heavy atom. The van der Waals surface area contributed by atoms with E-state index in [2.05, 4.69) is 10.6 Å². The Labute approximate surface area is 291 Å². The van der Waals surface area contributed by atoms with Gasteiger partial charge in [-0.2, -0.15) is 0 Å². The fraction of sp³-hybridized carbons (Fsp3) is 0.821. The van der Waals surface area contributed by atoms with E-state index >= 15 is 0 Å². The molecule has 2 heterocycles. The van der Waals surface area contributed by atoms with E-state index in [1.54, 1.807) is 0 Å². The molecule has 22 nitrogen and oxygen atoms in total. The SMILES string of the molecule is CC(=O)O[C@H](C)CC(=O)NC1[C@H](OCC2O[C@H](O)C(NC(=O)C[C@@H](C)O)[C@@H](O)[C@@H]2O)OC(CO)[C@@H](OP(=O)(O)O)[C@@H]1OC(=O)C[C@@H](C)OC(C)=O. The first-order chi connectivity index (χ1) is 23.6.